The first-order valence-corrected chi connectivity index (χ1v) is 8.39. The van der Waals surface area contributed by atoms with Crippen LogP contribution in [0.25, 0.3) is 0 Å². The number of rotatable bonds is 3. The van der Waals surface area contributed by atoms with Crippen LogP contribution in [0.15, 0.2) is 0 Å². The number of nitrogens with zero attached hydrogens (tertiary/aromatic N) is 3. The molecule has 2 heterocycles. The summed E-state index contributed by atoms with van der Waals surface area (Å²) in [4.78, 5) is 22.6. The Morgan fingerprint density at radius 2 is 2.05 bits per heavy atom. The monoisotopic (exact) mass is 293 g/mol. The van der Waals surface area contributed by atoms with Crippen molar-refractivity contribution in [3.05, 3.63) is 15.6 Å². The number of carbonyl (C=O) groups excluding carboxylic acids is 1. The van der Waals surface area contributed by atoms with Gasteiger partial charge in [0.1, 0.15) is 0 Å². The Hall–Kier alpha value is -0.940. The average molecular weight is 293 g/mol. The fourth-order valence-corrected chi connectivity index (χ4v) is 3.84. The van der Waals surface area contributed by atoms with Crippen molar-refractivity contribution >= 4 is 17.2 Å². The lowest BCUT2D eigenvalue weighted by molar-refractivity contribution is -0.132. The van der Waals surface area contributed by atoms with Crippen molar-refractivity contribution in [2.75, 3.05) is 26.2 Å². The molecule has 0 bridgehead atoms. The lowest BCUT2D eigenvalue weighted by atomic mass is 10.3. The number of hydrogen-bond acceptors (Lipinski definition) is 4. The molecule has 5 heteroatoms. The number of amides is 1. The first kappa shape index (κ1) is 14.0. The molecular formula is C15H23N3OS. The van der Waals surface area contributed by atoms with E-state index in [1.807, 2.05) is 0 Å². The number of carbonyl (C=O) groups is 1. The van der Waals surface area contributed by atoms with E-state index in [1.165, 1.54) is 10.6 Å². The van der Waals surface area contributed by atoms with Gasteiger partial charge < -0.3 is 4.90 Å². The second-order valence-electron chi connectivity index (χ2n) is 5.97. The molecule has 1 aliphatic carbocycles. The van der Waals surface area contributed by atoms with Crippen LogP contribution >= 0.6 is 11.3 Å². The van der Waals surface area contributed by atoms with Gasteiger partial charge in [-0.05, 0) is 33.1 Å². The van der Waals surface area contributed by atoms with Crippen molar-refractivity contribution in [1.29, 1.82) is 0 Å². The molecule has 1 amide bonds. The largest absolute Gasteiger partial charge is 0.341 e. The minimum Gasteiger partial charge on any atom is -0.341 e. The predicted molar refractivity (Wildman–Crippen MR) is 80.8 cm³/mol. The number of aromatic nitrogens is 1. The lowest BCUT2D eigenvalue weighted by Crippen LogP contribution is -2.35. The van der Waals surface area contributed by atoms with E-state index in [0.717, 1.165) is 57.0 Å². The Bertz CT molecular complexity index is 495. The van der Waals surface area contributed by atoms with E-state index in [9.17, 15) is 4.79 Å². The summed E-state index contributed by atoms with van der Waals surface area (Å²) in [7, 11) is 0. The Balaban J connectivity index is 1.57. The van der Waals surface area contributed by atoms with E-state index >= 15 is 0 Å². The maximum Gasteiger partial charge on any atom is 0.225 e. The molecule has 20 heavy (non-hydrogen) atoms. The van der Waals surface area contributed by atoms with Crippen molar-refractivity contribution < 1.29 is 4.79 Å². The molecule has 0 aromatic carbocycles. The van der Waals surface area contributed by atoms with Crippen LogP contribution in [0.2, 0.25) is 0 Å². The highest BCUT2D eigenvalue weighted by molar-refractivity contribution is 7.11. The van der Waals surface area contributed by atoms with Gasteiger partial charge in [0.25, 0.3) is 0 Å². The molecule has 4 nitrogen and oxygen atoms in total. The minimum atomic E-state index is 0.355. The molecule has 0 spiro atoms. The summed E-state index contributed by atoms with van der Waals surface area (Å²) in [5.41, 5.74) is 1.17. The molecule has 1 aromatic heterocycles. The minimum absolute atomic E-state index is 0.355. The van der Waals surface area contributed by atoms with E-state index in [1.54, 1.807) is 11.3 Å². The summed E-state index contributed by atoms with van der Waals surface area (Å²) in [5, 5.41) is 1.15. The molecule has 1 aromatic rings. The topological polar surface area (TPSA) is 36.4 Å². The van der Waals surface area contributed by atoms with Gasteiger partial charge in [0, 0.05) is 43.5 Å². The van der Waals surface area contributed by atoms with Crippen LogP contribution in [-0.4, -0.2) is 46.9 Å². The first-order chi connectivity index (χ1) is 9.63. The summed E-state index contributed by atoms with van der Waals surface area (Å²) in [6.45, 7) is 9.07. The average Bonchev–Trinajstić information content (AvgIpc) is 3.21. The van der Waals surface area contributed by atoms with Gasteiger partial charge in [-0.1, -0.05) is 0 Å². The van der Waals surface area contributed by atoms with Crippen molar-refractivity contribution in [2.45, 2.75) is 39.7 Å². The second-order valence-corrected chi connectivity index (χ2v) is 7.26. The van der Waals surface area contributed by atoms with E-state index in [4.69, 9.17) is 0 Å². The molecule has 0 N–H and O–H groups in total. The van der Waals surface area contributed by atoms with Crippen molar-refractivity contribution in [3.8, 4) is 0 Å². The van der Waals surface area contributed by atoms with Crippen molar-refractivity contribution in [2.24, 2.45) is 5.92 Å². The van der Waals surface area contributed by atoms with Crippen molar-refractivity contribution in [1.82, 2.24) is 14.8 Å². The van der Waals surface area contributed by atoms with Crippen LogP contribution in [0.3, 0.4) is 0 Å². The highest BCUT2D eigenvalue weighted by atomic mass is 32.1. The molecular weight excluding hydrogens is 270 g/mol. The van der Waals surface area contributed by atoms with E-state index in [-0.39, 0.29) is 0 Å². The van der Waals surface area contributed by atoms with Crippen LogP contribution < -0.4 is 0 Å². The normalized spacial score (nSPS) is 21.0. The van der Waals surface area contributed by atoms with E-state index < -0.39 is 0 Å². The van der Waals surface area contributed by atoms with Crippen molar-refractivity contribution in [3.63, 3.8) is 0 Å². The molecule has 3 rings (SSSR count). The zero-order valence-corrected chi connectivity index (χ0v) is 13.2. The van der Waals surface area contributed by atoms with E-state index in [2.05, 4.69) is 28.6 Å². The molecule has 0 atom stereocenters. The fourth-order valence-electron chi connectivity index (χ4n) is 2.86. The van der Waals surface area contributed by atoms with Crippen LogP contribution in [0.1, 0.15) is 34.8 Å². The molecule has 110 valence electrons. The summed E-state index contributed by atoms with van der Waals surface area (Å²) in [6.07, 6.45) is 3.31. The van der Waals surface area contributed by atoms with Crippen LogP contribution in [0.4, 0.5) is 0 Å². The standard InChI is InChI=1S/C15H23N3OS/c1-11-14(20-12(2)16-11)10-17-6-3-7-18(9-8-17)15(19)13-4-5-13/h13H,3-10H2,1-2H3. The van der Waals surface area contributed by atoms with Gasteiger partial charge in [-0.3, -0.25) is 9.69 Å². The Morgan fingerprint density at radius 1 is 1.25 bits per heavy atom. The highest BCUT2D eigenvalue weighted by Crippen LogP contribution is 2.31. The smallest absolute Gasteiger partial charge is 0.225 e. The van der Waals surface area contributed by atoms with Gasteiger partial charge in [0.05, 0.1) is 10.7 Å². The van der Waals surface area contributed by atoms with Crippen LogP contribution in [-0.2, 0) is 11.3 Å². The van der Waals surface area contributed by atoms with Crippen LogP contribution in [0, 0.1) is 19.8 Å². The maximum absolute atomic E-state index is 12.1. The number of aryl methyl sites for hydroxylation is 2. The summed E-state index contributed by atoms with van der Waals surface area (Å²) in [5.74, 6) is 0.754. The summed E-state index contributed by atoms with van der Waals surface area (Å²) >= 11 is 1.80. The third-order valence-electron chi connectivity index (χ3n) is 4.19. The fraction of sp³-hybridized carbons (Fsp3) is 0.733. The number of thiazole rings is 1. The molecule has 0 unspecified atom stereocenters. The van der Waals surface area contributed by atoms with Gasteiger partial charge in [-0.2, -0.15) is 0 Å². The molecule has 1 aliphatic heterocycles. The Labute approximate surface area is 124 Å². The van der Waals surface area contributed by atoms with Gasteiger partial charge in [-0.25, -0.2) is 4.98 Å². The maximum atomic E-state index is 12.1. The molecule has 0 radical (unpaired) electrons. The second kappa shape index (κ2) is 5.82. The lowest BCUT2D eigenvalue weighted by Gasteiger charge is -2.21. The third kappa shape index (κ3) is 3.20. The highest BCUT2D eigenvalue weighted by Gasteiger charge is 2.33. The summed E-state index contributed by atoms with van der Waals surface area (Å²) < 4.78 is 0. The zero-order chi connectivity index (χ0) is 14.1. The SMILES string of the molecule is Cc1nc(C)c(CN2CCCN(C(=O)C3CC3)CC2)s1. The van der Waals surface area contributed by atoms with Gasteiger partial charge in [0.2, 0.25) is 5.91 Å². The van der Waals surface area contributed by atoms with Gasteiger partial charge in [-0.15, -0.1) is 11.3 Å². The van der Waals surface area contributed by atoms with Gasteiger partial charge in [0.15, 0.2) is 0 Å². The Kier molecular flexibility index (Phi) is 4.08. The van der Waals surface area contributed by atoms with Gasteiger partial charge >= 0.3 is 0 Å². The van der Waals surface area contributed by atoms with Crippen LogP contribution in [0.5, 0.6) is 0 Å². The molecule has 2 fully saturated rings. The Morgan fingerprint density at radius 3 is 2.70 bits per heavy atom. The third-order valence-corrected chi connectivity index (χ3v) is 5.25. The summed E-state index contributed by atoms with van der Waals surface area (Å²) in [6, 6.07) is 0. The first-order valence-electron chi connectivity index (χ1n) is 7.57. The molecule has 2 aliphatic rings. The molecule has 1 saturated heterocycles. The zero-order valence-electron chi connectivity index (χ0n) is 12.4. The van der Waals surface area contributed by atoms with E-state index in [0.29, 0.717) is 11.8 Å². The quantitative estimate of drug-likeness (QED) is 0.857. The molecule has 1 saturated carbocycles. The predicted octanol–water partition coefficient (Wildman–Crippen LogP) is 2.20. The number of hydrogen-bond donors (Lipinski definition) is 0.